The molecule has 9 nitrogen and oxygen atoms in total. The molecule has 4 aromatic rings. The van der Waals surface area contributed by atoms with Crippen LogP contribution in [0, 0.1) is 29.9 Å². The number of imidazole rings is 1. The molecule has 0 spiro atoms. The summed E-state index contributed by atoms with van der Waals surface area (Å²) in [6.07, 6.45) is 10.4. The van der Waals surface area contributed by atoms with E-state index in [9.17, 15) is 18.7 Å². The van der Waals surface area contributed by atoms with Crippen molar-refractivity contribution in [3.8, 4) is 29.4 Å². The lowest BCUT2D eigenvalue weighted by Gasteiger charge is -2.27. The van der Waals surface area contributed by atoms with Gasteiger partial charge in [0, 0.05) is 43.2 Å². The van der Waals surface area contributed by atoms with Crippen LogP contribution in [-0.2, 0) is 0 Å². The quantitative estimate of drug-likeness (QED) is 0.173. The minimum atomic E-state index is -1.14. The number of terminal acetylenes is 1. The largest absolute Gasteiger partial charge is 0.478 e. The smallest absolute Gasteiger partial charge is 0.251 e. The molecule has 0 aliphatic heterocycles. The number of amides is 1. The molecule has 3 N–H and O–H groups in total. The van der Waals surface area contributed by atoms with Gasteiger partial charge in [0.2, 0.25) is 5.82 Å². The number of hydrogen-bond donors (Lipinski definition) is 3. The predicted molar refractivity (Wildman–Crippen MR) is 148 cm³/mol. The number of nitrogens with zero attached hydrogens (tertiary/aromatic N) is 4. The lowest BCUT2D eigenvalue weighted by atomic mass is 10.1. The minimum absolute atomic E-state index is 0.0115. The highest BCUT2D eigenvalue weighted by atomic mass is 19.2. The average molecular weight is 549 g/mol. The number of ether oxygens (including phenoxy) is 1. The Morgan fingerprint density at radius 3 is 2.73 bits per heavy atom. The Kier molecular flexibility index (Phi) is 9.62. The van der Waals surface area contributed by atoms with Crippen LogP contribution in [0.1, 0.15) is 23.7 Å². The number of aromatic nitrogens is 3. The summed E-state index contributed by atoms with van der Waals surface area (Å²) in [7, 11) is 0. The molecule has 1 atom stereocenters. The second-order valence-electron chi connectivity index (χ2n) is 8.98. The molecule has 4 rings (SSSR count). The Labute approximate surface area is 230 Å². The molecule has 1 unspecified atom stereocenters. The van der Waals surface area contributed by atoms with Crippen LogP contribution in [-0.4, -0.2) is 63.2 Å². The zero-order chi connectivity index (χ0) is 28.5. The molecule has 2 heterocycles. The molecule has 2 aromatic heterocycles. The zero-order valence-electron chi connectivity index (χ0n) is 22.0. The Morgan fingerprint density at radius 2 is 2.00 bits per heavy atom. The molecular formula is C29H30F2N6O3. The first kappa shape index (κ1) is 28.5. The van der Waals surface area contributed by atoms with E-state index in [1.165, 1.54) is 24.5 Å². The first-order valence-electron chi connectivity index (χ1n) is 12.8. The summed E-state index contributed by atoms with van der Waals surface area (Å²) < 4.78 is 36.2. The molecule has 0 bridgehead atoms. The topological polar surface area (TPSA) is 104 Å². The van der Waals surface area contributed by atoms with Crippen LogP contribution < -0.4 is 15.5 Å². The molecule has 0 aliphatic rings. The average Bonchev–Trinajstić information content (AvgIpc) is 3.41. The van der Waals surface area contributed by atoms with Crippen LogP contribution in [0.15, 0.2) is 61.1 Å². The van der Waals surface area contributed by atoms with Crippen LogP contribution in [0.4, 0.5) is 14.6 Å². The third-order valence-corrected chi connectivity index (χ3v) is 6.34. The monoisotopic (exact) mass is 548 g/mol. The van der Waals surface area contributed by atoms with Crippen LogP contribution in [0.25, 0.3) is 16.9 Å². The molecule has 0 saturated heterocycles. The lowest BCUT2D eigenvalue weighted by Crippen LogP contribution is -2.41. The number of hydrazine groups is 1. The van der Waals surface area contributed by atoms with Gasteiger partial charge < -0.3 is 15.2 Å². The number of fused-ring (bicyclic) bond motifs is 1. The van der Waals surface area contributed by atoms with Gasteiger partial charge in [-0.1, -0.05) is 37.5 Å². The van der Waals surface area contributed by atoms with Crippen molar-refractivity contribution in [2.75, 3.05) is 38.3 Å². The summed E-state index contributed by atoms with van der Waals surface area (Å²) >= 11 is 0. The fourth-order valence-corrected chi connectivity index (χ4v) is 4.20. The van der Waals surface area contributed by atoms with E-state index < -0.39 is 11.6 Å². The second-order valence-corrected chi connectivity index (χ2v) is 8.98. The highest BCUT2D eigenvalue weighted by Crippen LogP contribution is 2.31. The Morgan fingerprint density at radius 1 is 1.20 bits per heavy atom. The molecule has 40 heavy (non-hydrogen) atoms. The molecule has 1 amide bonds. The van der Waals surface area contributed by atoms with Crippen molar-refractivity contribution in [3.05, 3.63) is 78.3 Å². The van der Waals surface area contributed by atoms with Crippen molar-refractivity contribution in [2.45, 2.75) is 13.3 Å². The SMILES string of the molecule is C#CCOc1ccc(-c2cnc3c(NN(CCO)CC(CC)CNC(=O)c4ccccc4)nccn23)c(F)c1F. The van der Waals surface area contributed by atoms with Crippen molar-refractivity contribution in [1.82, 2.24) is 24.7 Å². The molecule has 208 valence electrons. The number of benzene rings is 2. The number of anilines is 1. The van der Waals surface area contributed by atoms with Gasteiger partial charge in [-0.2, -0.15) is 4.39 Å². The van der Waals surface area contributed by atoms with E-state index >= 15 is 0 Å². The summed E-state index contributed by atoms with van der Waals surface area (Å²) in [6, 6.07) is 11.7. The molecule has 2 aromatic carbocycles. The normalized spacial score (nSPS) is 11.8. The van der Waals surface area contributed by atoms with E-state index in [-0.39, 0.29) is 42.9 Å². The number of carbonyl (C=O) groups is 1. The standard InChI is InChI=1S/C29H30F2N6O3/c1-3-16-40-24-11-10-22(25(30)26(24)31)23-18-33-28-27(32-12-13-37(23)28)35-36(14-15-38)19-20(4-2)17-34-29(39)21-8-6-5-7-9-21/h1,5-13,18,20,38H,4,14-17,19H2,2H3,(H,32,35)(H,34,39). The van der Waals surface area contributed by atoms with Gasteiger partial charge in [0.15, 0.2) is 23.0 Å². The van der Waals surface area contributed by atoms with Gasteiger partial charge in [-0.3, -0.25) is 14.6 Å². The number of aliphatic hydroxyl groups is 1. The third kappa shape index (κ3) is 6.54. The van der Waals surface area contributed by atoms with Crippen LogP contribution in [0.3, 0.4) is 0 Å². The Bertz CT molecular complexity index is 1490. The van der Waals surface area contributed by atoms with E-state index in [0.29, 0.717) is 35.8 Å². The van der Waals surface area contributed by atoms with Gasteiger partial charge in [0.25, 0.3) is 5.91 Å². The first-order valence-corrected chi connectivity index (χ1v) is 12.8. The second kappa shape index (κ2) is 13.5. The highest BCUT2D eigenvalue weighted by Gasteiger charge is 2.21. The van der Waals surface area contributed by atoms with Crippen molar-refractivity contribution < 1.29 is 23.4 Å². The van der Waals surface area contributed by atoms with E-state index in [2.05, 4.69) is 26.6 Å². The van der Waals surface area contributed by atoms with Crippen molar-refractivity contribution in [1.29, 1.82) is 0 Å². The van der Waals surface area contributed by atoms with Gasteiger partial charge in [0.1, 0.15) is 6.61 Å². The predicted octanol–water partition coefficient (Wildman–Crippen LogP) is 3.76. The van der Waals surface area contributed by atoms with E-state index in [0.717, 1.165) is 6.42 Å². The van der Waals surface area contributed by atoms with Crippen molar-refractivity contribution in [2.24, 2.45) is 5.92 Å². The van der Waals surface area contributed by atoms with Gasteiger partial charge in [-0.05, 0) is 30.2 Å². The maximum Gasteiger partial charge on any atom is 0.251 e. The number of carbonyl (C=O) groups excluding carboxylic acids is 1. The Hall–Kier alpha value is -4.53. The summed E-state index contributed by atoms with van der Waals surface area (Å²) in [5.74, 6) is -0.0244. The fraction of sp³-hybridized carbons (Fsp3) is 0.276. The van der Waals surface area contributed by atoms with Gasteiger partial charge in [-0.25, -0.2) is 19.4 Å². The number of aliphatic hydroxyl groups excluding tert-OH is 1. The van der Waals surface area contributed by atoms with Crippen LogP contribution in [0.5, 0.6) is 5.75 Å². The van der Waals surface area contributed by atoms with Crippen molar-refractivity contribution >= 4 is 17.4 Å². The van der Waals surface area contributed by atoms with E-state index in [1.54, 1.807) is 27.7 Å². The summed E-state index contributed by atoms with van der Waals surface area (Å²) in [5.41, 5.74) is 4.44. The summed E-state index contributed by atoms with van der Waals surface area (Å²) in [6.45, 7) is 2.91. The molecule has 0 fully saturated rings. The Balaban J connectivity index is 1.51. The number of hydrogen-bond acceptors (Lipinski definition) is 7. The molecule has 11 heteroatoms. The van der Waals surface area contributed by atoms with Gasteiger partial charge in [0.05, 0.1) is 18.5 Å². The van der Waals surface area contributed by atoms with E-state index in [1.807, 2.05) is 25.1 Å². The van der Waals surface area contributed by atoms with Gasteiger partial charge in [-0.15, -0.1) is 6.42 Å². The third-order valence-electron chi connectivity index (χ3n) is 6.34. The maximum absolute atomic E-state index is 15.0. The van der Waals surface area contributed by atoms with Crippen LogP contribution in [0.2, 0.25) is 0 Å². The molecule has 0 saturated carbocycles. The highest BCUT2D eigenvalue weighted by molar-refractivity contribution is 5.94. The summed E-state index contributed by atoms with van der Waals surface area (Å²) in [5, 5.41) is 14.4. The van der Waals surface area contributed by atoms with Crippen LogP contribution >= 0.6 is 0 Å². The minimum Gasteiger partial charge on any atom is -0.478 e. The van der Waals surface area contributed by atoms with E-state index in [4.69, 9.17) is 11.2 Å². The number of halogens is 2. The zero-order valence-corrected chi connectivity index (χ0v) is 22.0. The maximum atomic E-state index is 15.0. The number of nitrogens with one attached hydrogen (secondary N) is 2. The lowest BCUT2D eigenvalue weighted by molar-refractivity contribution is 0.0941. The molecular weight excluding hydrogens is 518 g/mol. The van der Waals surface area contributed by atoms with Gasteiger partial charge >= 0.3 is 0 Å². The molecule has 0 aliphatic carbocycles. The fourth-order valence-electron chi connectivity index (χ4n) is 4.20. The van der Waals surface area contributed by atoms with Crippen molar-refractivity contribution in [3.63, 3.8) is 0 Å². The number of rotatable bonds is 13. The first-order chi connectivity index (χ1) is 19.5. The summed E-state index contributed by atoms with van der Waals surface area (Å²) in [4.78, 5) is 21.2. The molecule has 0 radical (unpaired) electrons.